The number of aromatic hydroxyl groups is 1. The maximum atomic E-state index is 15.0. The van der Waals surface area contributed by atoms with Crippen LogP contribution in [0.2, 0.25) is 0 Å². The first kappa shape index (κ1) is 26.7. The number of cyclic esters (lactones) is 1. The molecule has 2 unspecified atom stereocenters. The summed E-state index contributed by atoms with van der Waals surface area (Å²) in [6.45, 7) is 5.11. The van der Waals surface area contributed by atoms with Gasteiger partial charge in [0, 0.05) is 30.8 Å². The second kappa shape index (κ2) is 10.0. The maximum Gasteiger partial charge on any atom is 0.338 e. The van der Waals surface area contributed by atoms with Gasteiger partial charge in [0.15, 0.2) is 11.6 Å². The molecule has 0 radical (unpaired) electrons. The van der Waals surface area contributed by atoms with Gasteiger partial charge in [-0.2, -0.15) is 5.26 Å². The first-order chi connectivity index (χ1) is 18.5. The summed E-state index contributed by atoms with van der Waals surface area (Å²) in [4.78, 5) is 22.2. The van der Waals surface area contributed by atoms with E-state index in [9.17, 15) is 20.3 Å². The number of carbonyl (C=O) groups is 1. The number of carbonyl (C=O) groups excluding carboxylic acids is 1. The first-order valence-corrected chi connectivity index (χ1v) is 13.4. The van der Waals surface area contributed by atoms with Crippen LogP contribution in [-0.2, 0) is 21.4 Å². The quantitative estimate of drug-likeness (QED) is 0.426. The summed E-state index contributed by atoms with van der Waals surface area (Å²) < 4.78 is 21.2. The molecule has 1 aliphatic carbocycles. The molecule has 39 heavy (non-hydrogen) atoms. The summed E-state index contributed by atoms with van der Waals surface area (Å²) in [5.41, 5.74) is 2.70. The van der Waals surface area contributed by atoms with Crippen molar-refractivity contribution in [2.75, 3.05) is 0 Å². The fourth-order valence-electron chi connectivity index (χ4n) is 6.01. The number of phenols is 1. The van der Waals surface area contributed by atoms with Gasteiger partial charge in [-0.1, -0.05) is 25.0 Å². The molecule has 1 saturated carbocycles. The summed E-state index contributed by atoms with van der Waals surface area (Å²) in [6, 6.07) is 5.21. The largest absolute Gasteiger partial charge is 0.512 e. The van der Waals surface area contributed by atoms with Crippen LogP contribution in [0.1, 0.15) is 76.8 Å². The molecule has 0 aromatic heterocycles. The van der Waals surface area contributed by atoms with Gasteiger partial charge < -0.3 is 14.9 Å². The zero-order chi connectivity index (χ0) is 27.9. The lowest BCUT2D eigenvalue weighted by Gasteiger charge is -2.42. The second-order valence-corrected chi connectivity index (χ2v) is 11.5. The Bertz CT molecular complexity index is 1350. The van der Waals surface area contributed by atoms with E-state index in [0.717, 1.165) is 31.3 Å². The predicted octanol–water partition coefficient (Wildman–Crippen LogP) is 4.83. The van der Waals surface area contributed by atoms with E-state index in [2.05, 4.69) is 21.5 Å². The van der Waals surface area contributed by atoms with Gasteiger partial charge >= 0.3 is 5.97 Å². The number of allylic oxidation sites excluding steroid dienone is 1. The fraction of sp³-hybridized carbons (Fsp3) is 0.517. The number of benzene rings is 1. The second-order valence-electron chi connectivity index (χ2n) is 11.5. The summed E-state index contributed by atoms with van der Waals surface area (Å²) in [5.74, 6) is -1.35. The molecule has 3 aliphatic heterocycles. The van der Waals surface area contributed by atoms with Crippen LogP contribution >= 0.6 is 0 Å². The molecule has 0 amide bonds. The summed E-state index contributed by atoms with van der Waals surface area (Å²) in [6.07, 6.45) is 7.70. The minimum atomic E-state index is -1.09. The number of fused-ring (bicyclic) bond motifs is 1. The standard InChI is InChI=1S/C29H34FN5O4/c1-17-14-32-27-33-23(34-35(27)15-17)12-20-22(36)13-29(39-26(20)38,19-6-4-5-7-19)11-10-18-8-9-21(24(30)25(18)37)28(2,3)16-31/h8-9,14-15,19,27,36-37H,4-7,10-13H2,1-3H3,(H,33,34). The molecule has 3 heterocycles. The maximum absolute atomic E-state index is 15.0. The van der Waals surface area contributed by atoms with Crippen LogP contribution < -0.4 is 5.43 Å². The number of hydrazine groups is 1. The van der Waals surface area contributed by atoms with Gasteiger partial charge in [-0.15, -0.1) is 0 Å². The smallest absolute Gasteiger partial charge is 0.338 e. The third kappa shape index (κ3) is 4.98. The SMILES string of the molecule is CC1=CN2NC(CC3=C(O)CC(CCc4ccc(C(C)(C)C#N)c(F)c4O)(C4CCCC4)OC3=O)=NC2N=C1. The molecule has 9 nitrogen and oxygen atoms in total. The number of esters is 1. The number of hydrogen-bond donors (Lipinski definition) is 3. The van der Waals surface area contributed by atoms with Gasteiger partial charge in [-0.3, -0.25) is 5.43 Å². The Labute approximate surface area is 227 Å². The van der Waals surface area contributed by atoms with Crippen molar-refractivity contribution in [3.8, 4) is 11.8 Å². The molecule has 3 N–H and O–H groups in total. The third-order valence-corrected chi connectivity index (χ3v) is 8.30. The van der Waals surface area contributed by atoms with E-state index in [1.807, 2.05) is 13.1 Å². The van der Waals surface area contributed by atoms with E-state index < -0.39 is 34.8 Å². The Hall–Kier alpha value is -3.87. The highest BCUT2D eigenvalue weighted by atomic mass is 19.1. The number of amidine groups is 1. The molecular weight excluding hydrogens is 501 g/mol. The lowest BCUT2D eigenvalue weighted by atomic mass is 9.76. The van der Waals surface area contributed by atoms with Gasteiger partial charge in [-0.05, 0) is 63.5 Å². The van der Waals surface area contributed by atoms with Crippen molar-refractivity contribution in [2.24, 2.45) is 15.9 Å². The minimum absolute atomic E-state index is 0.0238. The highest BCUT2D eigenvalue weighted by Crippen LogP contribution is 2.46. The zero-order valence-electron chi connectivity index (χ0n) is 22.5. The number of phenolic OH excluding ortho intramolecular Hbond substituents is 1. The number of nitriles is 1. The van der Waals surface area contributed by atoms with Crippen molar-refractivity contribution in [3.05, 3.63) is 52.2 Å². The topological polar surface area (TPSA) is 131 Å². The highest BCUT2D eigenvalue weighted by molar-refractivity contribution is 5.98. The summed E-state index contributed by atoms with van der Waals surface area (Å²) in [7, 11) is 0. The Morgan fingerprint density at radius 3 is 2.74 bits per heavy atom. The molecule has 5 rings (SSSR count). The Balaban J connectivity index is 1.37. The Morgan fingerprint density at radius 2 is 2.05 bits per heavy atom. The monoisotopic (exact) mass is 535 g/mol. The van der Waals surface area contributed by atoms with Crippen LogP contribution in [0.15, 0.2) is 45.2 Å². The van der Waals surface area contributed by atoms with Crippen LogP contribution in [0.5, 0.6) is 5.75 Å². The van der Waals surface area contributed by atoms with Crippen molar-refractivity contribution in [3.63, 3.8) is 0 Å². The number of nitrogens with zero attached hydrogens (tertiary/aromatic N) is 4. The molecule has 1 aromatic carbocycles. The number of aliphatic imine (C=N–C) groups is 2. The Morgan fingerprint density at radius 1 is 1.31 bits per heavy atom. The van der Waals surface area contributed by atoms with Crippen LogP contribution in [0, 0.1) is 23.1 Å². The van der Waals surface area contributed by atoms with Crippen molar-refractivity contribution in [1.29, 1.82) is 5.26 Å². The normalized spacial score (nSPS) is 25.2. The van der Waals surface area contributed by atoms with Crippen molar-refractivity contribution in [2.45, 2.75) is 89.4 Å². The molecule has 0 spiro atoms. The average Bonchev–Trinajstić information content (AvgIpc) is 3.57. The number of nitrogens with one attached hydrogen (secondary N) is 1. The number of hydrogen-bond acceptors (Lipinski definition) is 9. The van der Waals surface area contributed by atoms with Crippen LogP contribution in [0.3, 0.4) is 0 Å². The summed E-state index contributed by atoms with van der Waals surface area (Å²) >= 11 is 0. The highest BCUT2D eigenvalue weighted by Gasteiger charge is 2.48. The third-order valence-electron chi connectivity index (χ3n) is 8.30. The fourth-order valence-corrected chi connectivity index (χ4v) is 6.01. The molecule has 0 bridgehead atoms. The number of halogens is 1. The first-order valence-electron chi connectivity index (χ1n) is 13.4. The van der Waals surface area contributed by atoms with E-state index in [1.165, 1.54) is 6.07 Å². The van der Waals surface area contributed by atoms with Gasteiger partial charge in [0.25, 0.3) is 0 Å². The van der Waals surface area contributed by atoms with Crippen LogP contribution in [-0.4, -0.2) is 45.1 Å². The molecule has 0 saturated heterocycles. The van der Waals surface area contributed by atoms with Crippen LogP contribution in [0.25, 0.3) is 0 Å². The van der Waals surface area contributed by atoms with E-state index in [0.29, 0.717) is 17.8 Å². The molecule has 1 aromatic rings. The van der Waals surface area contributed by atoms with E-state index in [-0.39, 0.29) is 42.1 Å². The van der Waals surface area contributed by atoms with Gasteiger partial charge in [0.2, 0.25) is 6.29 Å². The van der Waals surface area contributed by atoms with Gasteiger partial charge in [0.1, 0.15) is 17.2 Å². The molecular formula is C29H34FN5O4. The van der Waals surface area contributed by atoms with Crippen molar-refractivity contribution in [1.82, 2.24) is 10.4 Å². The predicted molar refractivity (Wildman–Crippen MR) is 143 cm³/mol. The molecule has 4 aliphatic rings. The Kier molecular flexibility index (Phi) is 6.87. The van der Waals surface area contributed by atoms with Gasteiger partial charge in [0.05, 0.1) is 17.1 Å². The molecule has 2 atom stereocenters. The lowest BCUT2D eigenvalue weighted by Crippen LogP contribution is -2.46. The van der Waals surface area contributed by atoms with Gasteiger partial charge in [-0.25, -0.2) is 24.2 Å². The average molecular weight is 536 g/mol. The molecule has 10 heteroatoms. The lowest BCUT2D eigenvalue weighted by molar-refractivity contribution is -0.167. The van der Waals surface area contributed by atoms with E-state index in [4.69, 9.17) is 4.74 Å². The number of aliphatic hydroxyl groups excluding tert-OH is 1. The van der Waals surface area contributed by atoms with E-state index >= 15 is 4.39 Å². The van der Waals surface area contributed by atoms with Crippen molar-refractivity contribution >= 4 is 18.0 Å². The number of ether oxygens (including phenoxy) is 1. The number of aliphatic hydroxyl groups is 1. The number of aryl methyl sites for hydroxylation is 1. The summed E-state index contributed by atoms with van der Waals surface area (Å²) in [5, 5.41) is 32.9. The zero-order valence-corrected chi connectivity index (χ0v) is 22.5. The number of rotatable bonds is 7. The van der Waals surface area contributed by atoms with Crippen molar-refractivity contribution < 1.29 is 24.1 Å². The molecule has 206 valence electrons. The minimum Gasteiger partial charge on any atom is -0.512 e. The molecule has 1 fully saturated rings. The van der Waals surface area contributed by atoms with E-state index in [1.54, 1.807) is 31.1 Å². The van der Waals surface area contributed by atoms with Crippen LogP contribution in [0.4, 0.5) is 4.39 Å².